The van der Waals surface area contributed by atoms with Crippen LogP contribution in [0.25, 0.3) is 0 Å². The molecule has 0 unspecified atom stereocenters. The summed E-state index contributed by atoms with van der Waals surface area (Å²) in [5.74, 6) is -8.00. The SMILES string of the molecule is [2H][C@@H](CC([2H])([2H])C(=O)O[C@@H](C)C(=O)OCC)OC(C)=O.[2H][C@@H](CCC(=O)O[C@@H](C)C(=O)OCC)OC(C)=O.[2H][C@H](O)CC([2H])([2H])C(=O)O[C@@H](C)C(=O)OCC.[2H][C@H](O)CCC(=O)O[C@@H](C)C(=O)OCC. The number of hydrogen-bond donors (Lipinski definition) is 2. The number of rotatable bonds is 26. The Morgan fingerprint density at radius 2 is 0.694 bits per heavy atom. The van der Waals surface area contributed by atoms with E-state index in [0.717, 1.165) is 6.92 Å². The number of esters is 10. The van der Waals surface area contributed by atoms with Crippen LogP contribution in [0, 0.1) is 0 Å². The fraction of sp³-hybridized carbons (Fsp3) is 0.750. The van der Waals surface area contributed by atoms with E-state index < -0.39 is 136 Å². The summed E-state index contributed by atoms with van der Waals surface area (Å²) in [5, 5.41) is 17.3. The molecule has 0 fully saturated rings. The summed E-state index contributed by atoms with van der Waals surface area (Å²) in [6, 6.07) is 0. The summed E-state index contributed by atoms with van der Waals surface area (Å²) in [6.45, 7) is 9.04. The molecule has 0 saturated heterocycles. The van der Waals surface area contributed by atoms with E-state index in [-0.39, 0.29) is 52.1 Å². The summed E-state index contributed by atoms with van der Waals surface area (Å²) in [4.78, 5) is 111. The summed E-state index contributed by atoms with van der Waals surface area (Å²) in [5.41, 5.74) is 0. The molecule has 22 heteroatoms. The van der Waals surface area contributed by atoms with Gasteiger partial charge in [0.2, 0.25) is 0 Å². The van der Waals surface area contributed by atoms with E-state index in [9.17, 15) is 47.9 Å². The third-order valence-electron chi connectivity index (χ3n) is 5.77. The van der Waals surface area contributed by atoms with Crippen molar-refractivity contribution in [3.63, 3.8) is 0 Å². The maximum Gasteiger partial charge on any atom is 0.347 e. The number of carbonyl (C=O) groups excluding carboxylic acids is 10. The average Bonchev–Trinajstić information content (AvgIpc) is 3.21. The standard InChI is InChI=1S/2C11H18O6.2C9H16O5/c2*1-4-15-11(14)8(2)17-10(13)6-5-7-16-9(3)12;2*1-3-13-9(12)7(2)14-8(11)5-4-6-10/h2*8H,4-7H2,1-3H3;2*7,10H,3-6H2,1-2H3/t2*8-;2*7-/m0000/s1/i6D2,7D;7D;5D2,6D;6D/t2*7-,8-;2*6-,7-. The van der Waals surface area contributed by atoms with E-state index in [1.807, 2.05) is 0 Å². The molecule has 360 valence electrons. The second-order valence-electron chi connectivity index (χ2n) is 11.1. The molecule has 62 heavy (non-hydrogen) atoms. The Balaban J connectivity index is -0.000000417. The highest BCUT2D eigenvalue weighted by Crippen LogP contribution is 2.03. The molecule has 0 aromatic rings. The van der Waals surface area contributed by atoms with Gasteiger partial charge in [-0.05, 0) is 81.1 Å². The first-order valence-electron chi connectivity index (χ1n) is 23.3. The lowest BCUT2D eigenvalue weighted by molar-refractivity contribution is -0.166. The number of aliphatic hydroxyl groups is 2. The molecule has 0 aromatic heterocycles. The third kappa shape index (κ3) is 42.7. The van der Waals surface area contributed by atoms with Gasteiger partial charge in [-0.3, -0.25) is 28.8 Å². The van der Waals surface area contributed by atoms with Crippen molar-refractivity contribution < 1.29 is 116 Å². The van der Waals surface area contributed by atoms with Crippen molar-refractivity contribution in [1.29, 1.82) is 0 Å². The second-order valence-corrected chi connectivity index (χ2v) is 11.1. The van der Waals surface area contributed by atoms with Crippen molar-refractivity contribution in [2.24, 2.45) is 0 Å². The van der Waals surface area contributed by atoms with Crippen molar-refractivity contribution in [1.82, 2.24) is 0 Å². The second kappa shape index (κ2) is 42.3. The molecule has 2 N–H and O–H groups in total. The highest BCUT2D eigenvalue weighted by molar-refractivity contribution is 5.80. The van der Waals surface area contributed by atoms with Crippen molar-refractivity contribution in [3.05, 3.63) is 0 Å². The summed E-state index contributed by atoms with van der Waals surface area (Å²) < 4.78 is 104. The van der Waals surface area contributed by atoms with Crippen molar-refractivity contribution >= 4 is 59.7 Å². The maximum absolute atomic E-state index is 11.6. The van der Waals surface area contributed by atoms with Crippen LogP contribution < -0.4 is 0 Å². The molecule has 0 saturated carbocycles. The molecular formula is C40H68O22. The van der Waals surface area contributed by atoms with Gasteiger partial charge >= 0.3 is 59.7 Å². The van der Waals surface area contributed by atoms with Crippen molar-refractivity contribution in [3.8, 4) is 0 Å². The van der Waals surface area contributed by atoms with E-state index in [2.05, 4.69) is 37.9 Å². The Morgan fingerprint density at radius 3 is 0.984 bits per heavy atom. The fourth-order valence-corrected chi connectivity index (χ4v) is 3.10. The number of hydrogen-bond acceptors (Lipinski definition) is 22. The number of carbonyl (C=O) groups is 10. The van der Waals surface area contributed by atoms with Crippen LogP contribution in [0.2, 0.25) is 0 Å². The molecule has 0 amide bonds. The van der Waals surface area contributed by atoms with Gasteiger partial charge < -0.3 is 57.6 Å². The average molecular weight is 909 g/mol. The normalized spacial score (nSPS) is 16.1. The van der Waals surface area contributed by atoms with Crippen LogP contribution >= 0.6 is 0 Å². The topological polar surface area (TPSA) is 303 Å². The molecule has 22 nitrogen and oxygen atoms in total. The van der Waals surface area contributed by atoms with Crippen LogP contribution in [0.1, 0.15) is 131 Å². The molecule has 0 aliphatic carbocycles. The van der Waals surface area contributed by atoms with Gasteiger partial charge in [0.1, 0.15) is 0 Å². The minimum atomic E-state index is -2.55. The highest BCUT2D eigenvalue weighted by Gasteiger charge is 2.21. The first kappa shape index (κ1) is 47.7. The number of ether oxygens (including phenoxy) is 10. The van der Waals surface area contributed by atoms with Crippen molar-refractivity contribution in [2.45, 2.75) is 145 Å². The lowest BCUT2D eigenvalue weighted by Gasteiger charge is -2.11. The predicted molar refractivity (Wildman–Crippen MR) is 213 cm³/mol. The maximum atomic E-state index is 11.6. The van der Waals surface area contributed by atoms with E-state index in [4.69, 9.17) is 30.7 Å². The molecule has 0 rings (SSSR count). The lowest BCUT2D eigenvalue weighted by Crippen LogP contribution is -2.26. The third-order valence-corrected chi connectivity index (χ3v) is 5.77. The zero-order chi connectivity index (χ0) is 55.5. The highest BCUT2D eigenvalue weighted by atomic mass is 16.6. The summed E-state index contributed by atoms with van der Waals surface area (Å²) in [7, 11) is 0. The molecular weight excluding hydrogens is 832 g/mol. The van der Waals surface area contributed by atoms with Gasteiger partial charge in [-0.15, -0.1) is 0 Å². The van der Waals surface area contributed by atoms with E-state index in [1.165, 1.54) is 34.6 Å². The largest absolute Gasteiger partial charge is 0.466 e. The zero-order valence-electron chi connectivity index (χ0n) is 44.7. The van der Waals surface area contributed by atoms with Crippen LogP contribution in [-0.4, -0.2) is 147 Å². The Bertz CT molecular complexity index is 1630. The Labute approximate surface area is 374 Å². The van der Waals surface area contributed by atoms with Gasteiger partial charge in [0, 0.05) is 58.1 Å². The molecule has 0 heterocycles. The Kier molecular flexibility index (Phi) is 32.5. The van der Waals surface area contributed by atoms with Crippen LogP contribution in [0.5, 0.6) is 0 Å². The monoisotopic (exact) mass is 908 g/mol. The van der Waals surface area contributed by atoms with Gasteiger partial charge in [-0.1, -0.05) is 0 Å². The first-order chi connectivity index (χ1) is 32.1. The minimum Gasteiger partial charge on any atom is -0.466 e. The quantitative estimate of drug-likeness (QED) is 0.0928. The van der Waals surface area contributed by atoms with Gasteiger partial charge in [-0.25, -0.2) is 19.2 Å². The van der Waals surface area contributed by atoms with Gasteiger partial charge in [-0.2, -0.15) is 0 Å². The first-order valence-corrected chi connectivity index (χ1v) is 19.0. The lowest BCUT2D eigenvalue weighted by atomic mass is 10.3. The van der Waals surface area contributed by atoms with Crippen molar-refractivity contribution in [2.75, 3.05) is 52.8 Å². The smallest absolute Gasteiger partial charge is 0.347 e. The summed E-state index contributed by atoms with van der Waals surface area (Å²) >= 11 is 0. The van der Waals surface area contributed by atoms with Crippen LogP contribution in [0.15, 0.2) is 0 Å². The molecule has 8 atom stereocenters. The predicted octanol–water partition coefficient (Wildman–Crippen LogP) is 2.16. The molecule has 0 aliphatic rings. The summed E-state index contributed by atoms with van der Waals surface area (Å²) in [6.07, 6.45) is -11.1. The fourth-order valence-electron chi connectivity index (χ4n) is 3.10. The molecule has 0 aliphatic heterocycles. The Hall–Kier alpha value is -5.38. The molecule has 0 aromatic carbocycles. The molecule has 0 bridgehead atoms. The Morgan fingerprint density at radius 1 is 0.419 bits per heavy atom. The van der Waals surface area contributed by atoms with Gasteiger partial charge in [0.15, 0.2) is 24.4 Å². The van der Waals surface area contributed by atoms with E-state index in [1.54, 1.807) is 27.7 Å². The van der Waals surface area contributed by atoms with Crippen LogP contribution in [0.3, 0.4) is 0 Å². The molecule has 0 spiro atoms. The molecule has 0 radical (unpaired) electrons. The van der Waals surface area contributed by atoms with Crippen LogP contribution in [-0.2, 0) is 95.3 Å². The van der Waals surface area contributed by atoms with Gasteiger partial charge in [0.25, 0.3) is 0 Å². The minimum absolute atomic E-state index is 0.00558. The van der Waals surface area contributed by atoms with E-state index >= 15 is 0 Å². The number of aliphatic hydroxyl groups excluding tert-OH is 2. The van der Waals surface area contributed by atoms with E-state index in [0.29, 0.717) is 0 Å². The zero-order valence-corrected chi connectivity index (χ0v) is 36.7. The van der Waals surface area contributed by atoms with Gasteiger partial charge in [0.05, 0.1) is 45.1 Å². The van der Waals surface area contributed by atoms with Crippen LogP contribution in [0.4, 0.5) is 0 Å².